The molecule has 0 saturated carbocycles. The van der Waals surface area contributed by atoms with Gasteiger partial charge in [-0.15, -0.1) is 11.3 Å². The second-order valence-corrected chi connectivity index (χ2v) is 7.10. The molecule has 0 aromatic carbocycles. The van der Waals surface area contributed by atoms with E-state index in [0.29, 0.717) is 4.88 Å². The first-order valence-corrected chi connectivity index (χ1v) is 7.62. The highest BCUT2D eigenvalue weighted by Gasteiger charge is 2.15. The number of hydrogen-bond donors (Lipinski definition) is 1. The van der Waals surface area contributed by atoms with Crippen LogP contribution in [0.1, 0.15) is 28.2 Å². The number of aromatic nitrogens is 2. The number of hydrogen-bond acceptors (Lipinski definition) is 3. The van der Waals surface area contributed by atoms with E-state index in [2.05, 4.69) is 42.3 Å². The maximum absolute atomic E-state index is 12.0. The van der Waals surface area contributed by atoms with Crippen molar-refractivity contribution in [3.63, 3.8) is 0 Å². The van der Waals surface area contributed by atoms with Gasteiger partial charge >= 0.3 is 0 Å². The van der Waals surface area contributed by atoms with Gasteiger partial charge in [0.05, 0.1) is 20.9 Å². The summed E-state index contributed by atoms with van der Waals surface area (Å²) in [6, 6.07) is 1.74. The van der Waals surface area contributed by atoms with E-state index in [1.807, 2.05) is 20.2 Å². The fraction of sp³-hybridized carbons (Fsp3) is 0.273. The maximum Gasteiger partial charge on any atom is 0.261 e. The molecule has 1 atom stereocenters. The zero-order chi connectivity index (χ0) is 13.3. The fourth-order valence-corrected chi connectivity index (χ4v) is 3.41. The van der Waals surface area contributed by atoms with Crippen LogP contribution in [0.15, 0.2) is 26.7 Å². The predicted octanol–water partition coefficient (Wildman–Crippen LogP) is 3.50. The Morgan fingerprint density at radius 1 is 1.56 bits per heavy atom. The van der Waals surface area contributed by atoms with Crippen molar-refractivity contribution in [1.29, 1.82) is 0 Å². The summed E-state index contributed by atoms with van der Waals surface area (Å²) in [5, 5.41) is 7.03. The standard InChI is InChI=1S/C11H11Br2N3OS/c1-6(7-4-14-16(2)5-7)15-11(17)9-3-8(12)10(13)18-9/h3-6H,1-2H3,(H,15,17). The Labute approximate surface area is 126 Å². The van der Waals surface area contributed by atoms with Crippen molar-refractivity contribution >= 4 is 49.1 Å². The van der Waals surface area contributed by atoms with E-state index in [4.69, 9.17) is 0 Å². The van der Waals surface area contributed by atoms with Gasteiger partial charge in [0.2, 0.25) is 0 Å². The summed E-state index contributed by atoms with van der Waals surface area (Å²) < 4.78 is 3.53. The maximum atomic E-state index is 12.0. The molecule has 0 radical (unpaired) electrons. The predicted molar refractivity (Wildman–Crippen MR) is 78.8 cm³/mol. The molecule has 2 rings (SSSR count). The third-order valence-corrected chi connectivity index (χ3v) is 5.70. The normalized spacial score (nSPS) is 12.4. The second-order valence-electron chi connectivity index (χ2n) is 3.87. The van der Waals surface area contributed by atoms with Crippen molar-refractivity contribution in [2.24, 2.45) is 7.05 Å². The van der Waals surface area contributed by atoms with Gasteiger partial charge in [0.15, 0.2) is 0 Å². The third kappa shape index (κ3) is 3.02. The van der Waals surface area contributed by atoms with Crippen molar-refractivity contribution in [3.05, 3.63) is 37.2 Å². The molecule has 2 aromatic heterocycles. The summed E-state index contributed by atoms with van der Waals surface area (Å²) in [6.45, 7) is 1.94. The molecule has 0 fully saturated rings. The lowest BCUT2D eigenvalue weighted by Crippen LogP contribution is -2.25. The second kappa shape index (κ2) is 5.54. The van der Waals surface area contributed by atoms with Crippen LogP contribution < -0.4 is 5.32 Å². The van der Waals surface area contributed by atoms with Gasteiger partial charge in [-0.1, -0.05) is 0 Å². The molecule has 96 valence electrons. The van der Waals surface area contributed by atoms with E-state index in [9.17, 15) is 4.79 Å². The minimum absolute atomic E-state index is 0.0640. The number of halogens is 2. The molecule has 7 heteroatoms. The molecule has 2 aromatic rings. The summed E-state index contributed by atoms with van der Waals surface area (Å²) >= 11 is 8.15. The van der Waals surface area contributed by atoms with Crippen molar-refractivity contribution in [1.82, 2.24) is 15.1 Å². The molecular weight excluding hydrogens is 382 g/mol. The number of nitrogens with one attached hydrogen (secondary N) is 1. The van der Waals surface area contributed by atoms with E-state index in [1.54, 1.807) is 16.9 Å². The van der Waals surface area contributed by atoms with Crippen LogP contribution in [0.4, 0.5) is 0 Å². The van der Waals surface area contributed by atoms with Gasteiger partial charge in [0.1, 0.15) is 0 Å². The fourth-order valence-electron chi connectivity index (χ4n) is 1.47. The lowest BCUT2D eigenvalue weighted by atomic mass is 10.2. The van der Waals surface area contributed by atoms with E-state index in [0.717, 1.165) is 13.8 Å². The first-order chi connectivity index (χ1) is 8.47. The van der Waals surface area contributed by atoms with Gasteiger partial charge in [-0.25, -0.2) is 0 Å². The Kier molecular flexibility index (Phi) is 4.24. The smallest absolute Gasteiger partial charge is 0.261 e. The van der Waals surface area contributed by atoms with Crippen molar-refractivity contribution in [2.75, 3.05) is 0 Å². The topological polar surface area (TPSA) is 46.9 Å². The summed E-state index contributed by atoms with van der Waals surface area (Å²) in [7, 11) is 1.85. The lowest BCUT2D eigenvalue weighted by molar-refractivity contribution is 0.0944. The number of rotatable bonds is 3. The molecule has 0 aliphatic carbocycles. The number of nitrogens with zero attached hydrogens (tertiary/aromatic N) is 2. The third-order valence-electron chi connectivity index (χ3n) is 2.44. The van der Waals surface area contributed by atoms with Crippen LogP contribution in [-0.2, 0) is 7.05 Å². The van der Waals surface area contributed by atoms with Gasteiger partial charge in [0.25, 0.3) is 5.91 Å². The van der Waals surface area contributed by atoms with Gasteiger partial charge < -0.3 is 5.32 Å². The van der Waals surface area contributed by atoms with Crippen LogP contribution in [0.25, 0.3) is 0 Å². The quantitative estimate of drug-likeness (QED) is 0.868. The number of amides is 1. The largest absolute Gasteiger partial charge is 0.345 e. The zero-order valence-electron chi connectivity index (χ0n) is 9.78. The monoisotopic (exact) mass is 391 g/mol. The molecule has 0 saturated heterocycles. The Morgan fingerprint density at radius 2 is 2.28 bits per heavy atom. The van der Waals surface area contributed by atoms with Crippen molar-refractivity contribution in [3.8, 4) is 0 Å². The molecule has 0 spiro atoms. The Hall–Kier alpha value is -0.660. The average molecular weight is 393 g/mol. The average Bonchev–Trinajstić information content (AvgIpc) is 2.86. The van der Waals surface area contributed by atoms with E-state index in [-0.39, 0.29) is 11.9 Å². The highest BCUT2D eigenvalue weighted by atomic mass is 79.9. The van der Waals surface area contributed by atoms with E-state index in [1.165, 1.54) is 11.3 Å². The van der Waals surface area contributed by atoms with Crippen LogP contribution in [0.3, 0.4) is 0 Å². The molecule has 1 N–H and O–H groups in total. The molecule has 0 bridgehead atoms. The van der Waals surface area contributed by atoms with Gasteiger partial charge in [-0.2, -0.15) is 5.10 Å². The molecule has 1 amide bonds. The SMILES string of the molecule is CC(NC(=O)c1cc(Br)c(Br)s1)c1cnn(C)c1. The van der Waals surface area contributed by atoms with E-state index >= 15 is 0 Å². The summed E-state index contributed by atoms with van der Waals surface area (Å²) in [5.74, 6) is -0.0808. The molecular formula is C11H11Br2N3OS. The lowest BCUT2D eigenvalue weighted by Gasteiger charge is -2.10. The van der Waals surface area contributed by atoms with Crippen LogP contribution in [0, 0.1) is 0 Å². The van der Waals surface area contributed by atoms with Crippen LogP contribution >= 0.6 is 43.2 Å². The van der Waals surface area contributed by atoms with Gasteiger partial charge in [-0.05, 0) is 44.8 Å². The van der Waals surface area contributed by atoms with Gasteiger partial charge in [0, 0.05) is 23.3 Å². The first-order valence-electron chi connectivity index (χ1n) is 5.21. The van der Waals surface area contributed by atoms with E-state index < -0.39 is 0 Å². The number of carbonyl (C=O) groups is 1. The summed E-state index contributed by atoms with van der Waals surface area (Å²) in [6.07, 6.45) is 3.65. The Bertz CT molecular complexity index is 559. The minimum Gasteiger partial charge on any atom is -0.345 e. The van der Waals surface area contributed by atoms with Crippen LogP contribution in [0.5, 0.6) is 0 Å². The minimum atomic E-state index is -0.0808. The molecule has 2 heterocycles. The summed E-state index contributed by atoms with van der Waals surface area (Å²) in [5.41, 5.74) is 0.987. The number of carbonyl (C=O) groups excluding carboxylic acids is 1. The molecule has 4 nitrogen and oxygen atoms in total. The van der Waals surface area contributed by atoms with Crippen molar-refractivity contribution in [2.45, 2.75) is 13.0 Å². The zero-order valence-corrected chi connectivity index (χ0v) is 13.8. The highest BCUT2D eigenvalue weighted by Crippen LogP contribution is 2.32. The number of thiophene rings is 1. The van der Waals surface area contributed by atoms with Crippen LogP contribution in [-0.4, -0.2) is 15.7 Å². The Balaban J connectivity index is 2.07. The highest BCUT2D eigenvalue weighted by molar-refractivity contribution is 9.13. The Morgan fingerprint density at radius 3 is 2.78 bits per heavy atom. The van der Waals surface area contributed by atoms with Crippen LogP contribution in [0.2, 0.25) is 0 Å². The summed E-state index contributed by atoms with van der Waals surface area (Å²) in [4.78, 5) is 12.7. The van der Waals surface area contributed by atoms with Gasteiger partial charge in [-0.3, -0.25) is 9.48 Å². The number of aryl methyl sites for hydroxylation is 1. The van der Waals surface area contributed by atoms with Crippen molar-refractivity contribution < 1.29 is 4.79 Å². The molecule has 1 unspecified atom stereocenters. The molecule has 0 aliphatic rings. The first kappa shape index (κ1) is 13.8. The molecule has 0 aliphatic heterocycles. The molecule has 18 heavy (non-hydrogen) atoms.